The molecule has 30 heavy (non-hydrogen) atoms. The number of anilines is 1. The molecule has 0 unspecified atom stereocenters. The van der Waals surface area contributed by atoms with Crippen LogP contribution < -0.4 is 19.1 Å². The monoisotopic (exact) mass is 432 g/mol. The maximum absolute atomic E-state index is 13.2. The Balaban J connectivity index is 1.71. The van der Waals surface area contributed by atoms with Gasteiger partial charge in [0.2, 0.25) is 0 Å². The van der Waals surface area contributed by atoms with Gasteiger partial charge in [0.15, 0.2) is 11.5 Å². The fraction of sp³-hybridized carbons (Fsp3) is 0.435. The average molecular weight is 433 g/mol. The summed E-state index contributed by atoms with van der Waals surface area (Å²) in [7, 11) is 3.21. The molecule has 2 aromatic carbocycles. The van der Waals surface area contributed by atoms with Gasteiger partial charge in [-0.1, -0.05) is 18.5 Å². The average Bonchev–Trinajstić information content (AvgIpc) is 3.03. The van der Waals surface area contributed by atoms with E-state index >= 15 is 0 Å². The van der Waals surface area contributed by atoms with Crippen molar-refractivity contribution in [3.05, 3.63) is 47.0 Å². The molecule has 0 bridgehead atoms. The second-order valence-corrected chi connectivity index (χ2v) is 7.58. The topological polar surface area (TPSA) is 51.2 Å². The number of nitrogens with zero attached hydrogens (tertiary/aromatic N) is 2. The Morgan fingerprint density at radius 1 is 1.03 bits per heavy atom. The van der Waals surface area contributed by atoms with E-state index in [1.165, 1.54) is 0 Å². The summed E-state index contributed by atoms with van der Waals surface area (Å²) in [5.41, 5.74) is 1.64. The van der Waals surface area contributed by atoms with Crippen LogP contribution in [-0.2, 0) is 0 Å². The van der Waals surface area contributed by atoms with Gasteiger partial charge in [0.25, 0.3) is 5.91 Å². The first kappa shape index (κ1) is 22.1. The van der Waals surface area contributed by atoms with Gasteiger partial charge in [-0.05, 0) is 49.2 Å². The van der Waals surface area contributed by atoms with E-state index < -0.39 is 0 Å². The minimum atomic E-state index is -0.0474. The highest BCUT2D eigenvalue weighted by atomic mass is 35.5. The summed E-state index contributed by atoms with van der Waals surface area (Å²) < 4.78 is 16.3. The molecule has 162 valence electrons. The SMILES string of the molecule is CCCOc1c(Cl)cc(C(=O)N2CCCN(c3ccc(OC)cc3)CC2)cc1OC. The second kappa shape index (κ2) is 10.4. The largest absolute Gasteiger partial charge is 0.497 e. The Morgan fingerprint density at radius 2 is 1.80 bits per heavy atom. The molecule has 2 aromatic rings. The van der Waals surface area contributed by atoms with Crippen molar-refractivity contribution in [3.63, 3.8) is 0 Å². The minimum absolute atomic E-state index is 0.0474. The molecule has 0 aliphatic carbocycles. The Hall–Kier alpha value is -2.60. The fourth-order valence-corrected chi connectivity index (χ4v) is 3.81. The molecule has 0 spiro atoms. The number of hydrogen-bond acceptors (Lipinski definition) is 5. The van der Waals surface area contributed by atoms with Crippen molar-refractivity contribution in [2.24, 2.45) is 0 Å². The number of hydrogen-bond donors (Lipinski definition) is 0. The fourth-order valence-electron chi connectivity index (χ4n) is 3.54. The third kappa shape index (κ3) is 5.11. The number of halogens is 1. The molecule has 1 saturated heterocycles. The van der Waals surface area contributed by atoms with Crippen molar-refractivity contribution < 1.29 is 19.0 Å². The van der Waals surface area contributed by atoms with E-state index in [1.54, 1.807) is 26.4 Å². The minimum Gasteiger partial charge on any atom is -0.497 e. The first-order valence-corrected chi connectivity index (χ1v) is 10.6. The second-order valence-electron chi connectivity index (χ2n) is 7.17. The van der Waals surface area contributed by atoms with Gasteiger partial charge in [-0.25, -0.2) is 0 Å². The number of methoxy groups -OCH3 is 2. The highest BCUT2D eigenvalue weighted by molar-refractivity contribution is 6.32. The lowest BCUT2D eigenvalue weighted by atomic mass is 10.1. The summed E-state index contributed by atoms with van der Waals surface area (Å²) in [5, 5.41) is 0.390. The van der Waals surface area contributed by atoms with E-state index in [-0.39, 0.29) is 5.91 Å². The summed E-state index contributed by atoms with van der Waals surface area (Å²) in [6, 6.07) is 11.4. The number of benzene rings is 2. The van der Waals surface area contributed by atoms with Gasteiger partial charge in [0.05, 0.1) is 25.8 Å². The lowest BCUT2D eigenvalue weighted by Crippen LogP contribution is -2.35. The van der Waals surface area contributed by atoms with Crippen molar-refractivity contribution in [1.82, 2.24) is 4.90 Å². The summed E-state index contributed by atoms with van der Waals surface area (Å²) in [4.78, 5) is 17.3. The van der Waals surface area contributed by atoms with Crippen LogP contribution in [0.1, 0.15) is 30.1 Å². The molecule has 0 radical (unpaired) electrons. The maximum atomic E-state index is 13.2. The highest BCUT2D eigenvalue weighted by Crippen LogP contribution is 2.37. The highest BCUT2D eigenvalue weighted by Gasteiger charge is 2.23. The van der Waals surface area contributed by atoms with Crippen LogP contribution in [0.3, 0.4) is 0 Å². The van der Waals surface area contributed by atoms with E-state index in [2.05, 4.69) is 17.0 Å². The van der Waals surface area contributed by atoms with E-state index in [0.717, 1.165) is 37.4 Å². The van der Waals surface area contributed by atoms with Gasteiger partial charge in [0.1, 0.15) is 5.75 Å². The lowest BCUT2D eigenvalue weighted by molar-refractivity contribution is 0.0766. The Bertz CT molecular complexity index is 857. The van der Waals surface area contributed by atoms with Crippen LogP contribution >= 0.6 is 11.6 Å². The lowest BCUT2D eigenvalue weighted by Gasteiger charge is -2.24. The number of carbonyl (C=O) groups is 1. The Labute approximate surface area is 183 Å². The van der Waals surface area contributed by atoms with Crippen LogP contribution in [0, 0.1) is 0 Å². The standard InChI is InChI=1S/C23H29ClN2O4/c1-4-14-30-22-20(24)15-17(16-21(22)29-3)23(27)26-11-5-10-25(12-13-26)18-6-8-19(28-2)9-7-18/h6-9,15-16H,4-5,10-14H2,1-3H3. The van der Waals surface area contributed by atoms with E-state index in [9.17, 15) is 4.79 Å². The molecule has 1 heterocycles. The van der Waals surface area contributed by atoms with Gasteiger partial charge in [-0.15, -0.1) is 0 Å². The molecule has 6 nitrogen and oxygen atoms in total. The predicted molar refractivity (Wildman–Crippen MR) is 120 cm³/mol. The molecule has 0 aromatic heterocycles. The van der Waals surface area contributed by atoms with Crippen molar-refractivity contribution in [3.8, 4) is 17.2 Å². The van der Waals surface area contributed by atoms with Crippen molar-refractivity contribution in [1.29, 1.82) is 0 Å². The molecule has 0 N–H and O–H groups in total. The third-order valence-corrected chi connectivity index (χ3v) is 5.43. The van der Waals surface area contributed by atoms with Crippen molar-refractivity contribution in [2.75, 3.05) is 51.9 Å². The first-order chi connectivity index (χ1) is 14.6. The molecule has 0 saturated carbocycles. The van der Waals surface area contributed by atoms with E-state index in [1.807, 2.05) is 24.0 Å². The van der Waals surface area contributed by atoms with Crippen LogP contribution in [0.2, 0.25) is 5.02 Å². The van der Waals surface area contributed by atoms with Crippen LogP contribution in [0.4, 0.5) is 5.69 Å². The van der Waals surface area contributed by atoms with E-state index in [0.29, 0.717) is 41.8 Å². The normalized spacial score (nSPS) is 14.3. The smallest absolute Gasteiger partial charge is 0.254 e. The zero-order chi connectivity index (χ0) is 21.5. The van der Waals surface area contributed by atoms with Gasteiger partial charge >= 0.3 is 0 Å². The van der Waals surface area contributed by atoms with Gasteiger partial charge in [-0.2, -0.15) is 0 Å². The van der Waals surface area contributed by atoms with Crippen LogP contribution in [0.25, 0.3) is 0 Å². The van der Waals surface area contributed by atoms with Crippen molar-refractivity contribution in [2.45, 2.75) is 19.8 Å². The van der Waals surface area contributed by atoms with E-state index in [4.69, 9.17) is 25.8 Å². The molecular weight excluding hydrogens is 404 g/mol. The summed E-state index contributed by atoms with van der Waals surface area (Å²) in [6.07, 6.45) is 1.75. The molecular formula is C23H29ClN2O4. The van der Waals surface area contributed by atoms with Crippen LogP contribution in [-0.4, -0.2) is 57.8 Å². The molecule has 1 aliphatic heterocycles. The molecule has 3 rings (SSSR count). The maximum Gasteiger partial charge on any atom is 0.254 e. The molecule has 1 aliphatic rings. The van der Waals surface area contributed by atoms with Crippen LogP contribution in [0.15, 0.2) is 36.4 Å². The predicted octanol–water partition coefficient (Wildman–Crippen LogP) is 4.50. The number of amides is 1. The number of ether oxygens (including phenoxy) is 3. The molecule has 7 heteroatoms. The Morgan fingerprint density at radius 3 is 2.47 bits per heavy atom. The Kier molecular flexibility index (Phi) is 7.69. The number of carbonyl (C=O) groups excluding carboxylic acids is 1. The zero-order valence-corrected chi connectivity index (χ0v) is 18.6. The molecule has 0 atom stereocenters. The van der Waals surface area contributed by atoms with Gasteiger partial charge < -0.3 is 24.0 Å². The van der Waals surface area contributed by atoms with Crippen molar-refractivity contribution >= 4 is 23.2 Å². The van der Waals surface area contributed by atoms with Gasteiger partial charge in [-0.3, -0.25) is 4.79 Å². The summed E-state index contributed by atoms with van der Waals surface area (Å²) >= 11 is 6.40. The number of rotatable bonds is 7. The quantitative estimate of drug-likeness (QED) is 0.644. The molecule has 1 amide bonds. The van der Waals surface area contributed by atoms with Gasteiger partial charge in [0, 0.05) is 37.4 Å². The van der Waals surface area contributed by atoms with Crippen LogP contribution in [0.5, 0.6) is 17.2 Å². The zero-order valence-electron chi connectivity index (χ0n) is 17.8. The molecule has 1 fully saturated rings. The summed E-state index contributed by atoms with van der Waals surface area (Å²) in [6.45, 7) is 5.55. The summed E-state index contributed by atoms with van der Waals surface area (Å²) in [5.74, 6) is 1.75. The first-order valence-electron chi connectivity index (χ1n) is 10.3. The third-order valence-electron chi connectivity index (χ3n) is 5.15.